The molecule has 0 atom stereocenters. The maximum absolute atomic E-state index is 10.2. The fourth-order valence-electron chi connectivity index (χ4n) is 0.571. The topological polar surface area (TPSA) is 92.4 Å². The van der Waals surface area contributed by atoms with E-state index in [0.717, 1.165) is 13.0 Å². The van der Waals surface area contributed by atoms with Gasteiger partial charge in [0, 0.05) is 12.3 Å². The molecule has 0 bridgehead atoms. The lowest BCUT2D eigenvalue weighted by Crippen LogP contribution is -2.21. The van der Waals surface area contributed by atoms with Crippen LogP contribution in [0.2, 0.25) is 0 Å². The number of hydrogen-bond acceptors (Lipinski definition) is 5. The van der Waals surface area contributed by atoms with E-state index < -0.39 is 9.15 Å². The molecule has 4 N–H and O–H groups in total. The van der Waals surface area contributed by atoms with Crippen LogP contribution in [0.3, 0.4) is 0 Å². The molecule has 0 radical (unpaired) electrons. The number of rotatable bonds is 7. The zero-order valence-electron chi connectivity index (χ0n) is 7.10. The summed E-state index contributed by atoms with van der Waals surface area (Å²) < 4.78 is 28.7. The SMILES string of the molecule is Cl.NCCCNCCSS(=O)(=O)O. The molecule has 0 aliphatic rings. The Labute approximate surface area is 88.4 Å². The van der Waals surface area contributed by atoms with E-state index in [1.807, 2.05) is 0 Å². The number of halogens is 1. The Bertz CT molecular complexity index is 198. The first kappa shape index (κ1) is 15.9. The second kappa shape index (κ2) is 9.04. The monoisotopic (exact) mass is 250 g/mol. The van der Waals surface area contributed by atoms with Gasteiger partial charge in [-0.2, -0.15) is 8.42 Å². The van der Waals surface area contributed by atoms with Crippen molar-refractivity contribution in [1.29, 1.82) is 0 Å². The van der Waals surface area contributed by atoms with E-state index in [2.05, 4.69) is 5.32 Å². The Kier molecular flexibility index (Phi) is 11.1. The minimum Gasteiger partial charge on any atom is -0.330 e. The second-order valence-electron chi connectivity index (χ2n) is 2.14. The predicted molar refractivity (Wildman–Crippen MR) is 57.8 cm³/mol. The van der Waals surface area contributed by atoms with Crippen LogP contribution in [-0.4, -0.2) is 38.4 Å². The lowest BCUT2D eigenvalue weighted by atomic mass is 10.4. The van der Waals surface area contributed by atoms with Crippen LogP contribution in [0.5, 0.6) is 0 Å². The summed E-state index contributed by atoms with van der Waals surface area (Å²) >= 11 is 0. The van der Waals surface area contributed by atoms with Gasteiger partial charge in [-0.1, -0.05) is 0 Å². The van der Waals surface area contributed by atoms with Crippen molar-refractivity contribution in [1.82, 2.24) is 5.32 Å². The molecule has 0 unspecified atom stereocenters. The zero-order chi connectivity index (χ0) is 9.45. The van der Waals surface area contributed by atoms with Crippen molar-refractivity contribution in [2.45, 2.75) is 6.42 Å². The molecule has 0 spiro atoms. The summed E-state index contributed by atoms with van der Waals surface area (Å²) in [6.07, 6.45) is 0.872. The maximum Gasteiger partial charge on any atom is 0.319 e. The van der Waals surface area contributed by atoms with Crippen LogP contribution in [0.25, 0.3) is 0 Å². The van der Waals surface area contributed by atoms with Gasteiger partial charge in [0.1, 0.15) is 0 Å². The van der Waals surface area contributed by atoms with Crippen LogP contribution in [0.15, 0.2) is 0 Å². The van der Waals surface area contributed by atoms with E-state index in [4.69, 9.17) is 10.3 Å². The Morgan fingerprint density at radius 3 is 2.46 bits per heavy atom. The molecule has 0 aromatic rings. The highest BCUT2D eigenvalue weighted by Gasteiger charge is 2.02. The molecule has 0 fully saturated rings. The van der Waals surface area contributed by atoms with E-state index in [0.29, 0.717) is 29.6 Å². The molecule has 82 valence electrons. The first-order valence-corrected chi connectivity index (χ1v) is 6.53. The molecule has 0 aliphatic heterocycles. The molecule has 0 saturated heterocycles. The van der Waals surface area contributed by atoms with E-state index in [9.17, 15) is 8.42 Å². The summed E-state index contributed by atoms with van der Waals surface area (Å²) in [5.74, 6) is 0.351. The van der Waals surface area contributed by atoms with Gasteiger partial charge in [0.15, 0.2) is 0 Å². The standard InChI is InChI=1S/C5H14N2O3S2.ClH/c6-2-1-3-7-4-5-11-12(8,9)10;/h7H,1-6H2,(H,8,9,10);1H. The Morgan fingerprint density at radius 2 is 2.00 bits per heavy atom. The van der Waals surface area contributed by atoms with Gasteiger partial charge in [0.05, 0.1) is 0 Å². The average molecular weight is 251 g/mol. The quantitative estimate of drug-likeness (QED) is 0.332. The van der Waals surface area contributed by atoms with Crippen molar-refractivity contribution in [2.24, 2.45) is 5.73 Å². The van der Waals surface area contributed by atoms with Crippen LogP contribution in [0.1, 0.15) is 6.42 Å². The molecule has 0 aliphatic carbocycles. The minimum atomic E-state index is -3.86. The molecule has 8 heteroatoms. The zero-order valence-corrected chi connectivity index (χ0v) is 9.55. The maximum atomic E-state index is 10.2. The van der Waals surface area contributed by atoms with Gasteiger partial charge in [-0.05, 0) is 30.3 Å². The summed E-state index contributed by atoms with van der Waals surface area (Å²) in [5, 5.41) is 2.98. The van der Waals surface area contributed by atoms with Gasteiger partial charge >= 0.3 is 9.15 Å². The van der Waals surface area contributed by atoms with Crippen LogP contribution in [-0.2, 0) is 9.15 Å². The molecule has 5 nitrogen and oxygen atoms in total. The molecule has 0 amide bonds. The largest absolute Gasteiger partial charge is 0.330 e. The molecular formula is C5H15ClN2O3S2. The summed E-state index contributed by atoms with van der Waals surface area (Å²) in [7, 11) is -3.34. The highest BCUT2D eigenvalue weighted by molar-refractivity contribution is 8.69. The molecule has 13 heavy (non-hydrogen) atoms. The van der Waals surface area contributed by atoms with Crippen molar-refractivity contribution < 1.29 is 13.0 Å². The Morgan fingerprint density at radius 1 is 1.38 bits per heavy atom. The summed E-state index contributed by atoms with van der Waals surface area (Å²) in [4.78, 5) is 0. The predicted octanol–water partition coefficient (Wildman–Crippen LogP) is -0.117. The van der Waals surface area contributed by atoms with Gasteiger partial charge in [0.25, 0.3) is 0 Å². The average Bonchev–Trinajstić information content (AvgIpc) is 1.94. The third kappa shape index (κ3) is 15.2. The highest BCUT2D eigenvalue weighted by Crippen LogP contribution is 2.06. The normalized spacial score (nSPS) is 10.9. The van der Waals surface area contributed by atoms with Crippen molar-refractivity contribution in [3.05, 3.63) is 0 Å². The van der Waals surface area contributed by atoms with E-state index >= 15 is 0 Å². The Balaban J connectivity index is 0. The fraction of sp³-hybridized carbons (Fsp3) is 1.00. The second-order valence-corrected chi connectivity index (χ2v) is 5.61. The minimum absolute atomic E-state index is 0. The van der Waals surface area contributed by atoms with E-state index in [-0.39, 0.29) is 12.4 Å². The van der Waals surface area contributed by atoms with Crippen molar-refractivity contribution >= 4 is 32.4 Å². The fourth-order valence-corrected chi connectivity index (χ4v) is 1.89. The molecule has 0 heterocycles. The van der Waals surface area contributed by atoms with Crippen molar-refractivity contribution in [3.63, 3.8) is 0 Å². The summed E-state index contributed by atoms with van der Waals surface area (Å²) in [6, 6.07) is 0. The Hall–Kier alpha value is 0.470. The van der Waals surface area contributed by atoms with E-state index in [1.165, 1.54) is 0 Å². The van der Waals surface area contributed by atoms with E-state index in [1.54, 1.807) is 0 Å². The van der Waals surface area contributed by atoms with Crippen LogP contribution >= 0.6 is 23.2 Å². The third-order valence-electron chi connectivity index (χ3n) is 1.07. The molecule has 0 aromatic carbocycles. The van der Waals surface area contributed by atoms with Gasteiger partial charge < -0.3 is 11.1 Å². The van der Waals surface area contributed by atoms with Crippen LogP contribution in [0, 0.1) is 0 Å². The lowest BCUT2D eigenvalue weighted by molar-refractivity contribution is 0.503. The smallest absolute Gasteiger partial charge is 0.319 e. The molecule has 0 rings (SSSR count). The molecule has 0 aromatic heterocycles. The molecular weight excluding hydrogens is 236 g/mol. The third-order valence-corrected chi connectivity index (χ3v) is 3.13. The van der Waals surface area contributed by atoms with Crippen molar-refractivity contribution in [3.8, 4) is 0 Å². The summed E-state index contributed by atoms with van der Waals surface area (Å²) in [5.41, 5.74) is 5.23. The lowest BCUT2D eigenvalue weighted by Gasteiger charge is -2.00. The van der Waals surface area contributed by atoms with Gasteiger partial charge in [-0.15, -0.1) is 12.4 Å². The highest BCUT2D eigenvalue weighted by atomic mass is 35.5. The molecule has 0 saturated carbocycles. The van der Waals surface area contributed by atoms with Crippen LogP contribution < -0.4 is 11.1 Å². The van der Waals surface area contributed by atoms with Gasteiger partial charge in [-0.25, -0.2) is 0 Å². The number of nitrogens with two attached hydrogens (primary N) is 1. The number of nitrogens with one attached hydrogen (secondary N) is 1. The van der Waals surface area contributed by atoms with Gasteiger partial charge in [-0.3, -0.25) is 4.55 Å². The summed E-state index contributed by atoms with van der Waals surface area (Å²) in [6.45, 7) is 1.96. The first-order valence-electron chi connectivity index (χ1n) is 3.59. The van der Waals surface area contributed by atoms with Crippen LogP contribution in [0.4, 0.5) is 0 Å². The number of hydrogen-bond donors (Lipinski definition) is 3. The van der Waals surface area contributed by atoms with Crippen molar-refractivity contribution in [2.75, 3.05) is 25.4 Å². The first-order chi connectivity index (χ1) is 5.56. The van der Waals surface area contributed by atoms with Gasteiger partial charge in [0.2, 0.25) is 0 Å².